The Bertz CT molecular complexity index is 230. The van der Waals surface area contributed by atoms with Gasteiger partial charge in [0.05, 0.1) is 13.1 Å². The molecule has 1 unspecified atom stereocenters. The van der Waals surface area contributed by atoms with E-state index in [-0.39, 0.29) is 0 Å². The highest BCUT2D eigenvalue weighted by atomic mass is 15.1. The van der Waals surface area contributed by atoms with Crippen LogP contribution in [0.3, 0.4) is 0 Å². The first-order valence-corrected chi connectivity index (χ1v) is 5.78. The van der Waals surface area contributed by atoms with Crippen molar-refractivity contribution in [3.63, 3.8) is 0 Å². The van der Waals surface area contributed by atoms with Gasteiger partial charge in [0.2, 0.25) is 0 Å². The van der Waals surface area contributed by atoms with Gasteiger partial charge < -0.3 is 4.90 Å². The number of unbranched alkanes of at least 4 members (excludes halogenated alkanes) is 2. The van der Waals surface area contributed by atoms with E-state index in [9.17, 15) is 0 Å². The monoisotopic (exact) mass is 192 g/mol. The zero-order valence-electron chi connectivity index (χ0n) is 9.42. The Morgan fingerprint density at radius 3 is 2.29 bits per heavy atom. The van der Waals surface area contributed by atoms with Crippen LogP contribution in [-0.2, 0) is 0 Å². The van der Waals surface area contributed by atoms with Gasteiger partial charge in [0.25, 0.3) is 0 Å². The Kier molecular flexibility index (Phi) is 5.31. The van der Waals surface area contributed by atoms with Crippen LogP contribution in [0.2, 0.25) is 0 Å². The maximum atomic E-state index is 2.26. The average Bonchev–Trinajstić information content (AvgIpc) is 2.26. The van der Waals surface area contributed by atoms with Gasteiger partial charge in [-0.15, -0.1) is 0 Å². The summed E-state index contributed by atoms with van der Waals surface area (Å²) in [6, 6.07) is 10.8. The summed E-state index contributed by atoms with van der Waals surface area (Å²) in [7, 11) is 0. The van der Waals surface area contributed by atoms with Gasteiger partial charge in [0.1, 0.15) is 5.69 Å². The lowest BCUT2D eigenvalue weighted by Gasteiger charge is -2.16. The van der Waals surface area contributed by atoms with E-state index in [0.717, 1.165) is 0 Å². The largest absolute Gasteiger partial charge is 0.303 e. The zero-order chi connectivity index (χ0) is 10.2. The topological polar surface area (TPSA) is 4.44 Å². The van der Waals surface area contributed by atoms with Crippen molar-refractivity contribution in [2.75, 3.05) is 13.1 Å². The summed E-state index contributed by atoms with van der Waals surface area (Å²) in [6.07, 6.45) is 4.01. The van der Waals surface area contributed by atoms with Crippen molar-refractivity contribution in [3.05, 3.63) is 30.3 Å². The summed E-state index contributed by atoms with van der Waals surface area (Å²) >= 11 is 0. The molecule has 0 aromatic heterocycles. The number of benzene rings is 1. The highest BCUT2D eigenvalue weighted by molar-refractivity contribution is 5.27. The molecule has 1 N–H and O–H groups in total. The molecule has 1 atom stereocenters. The lowest BCUT2D eigenvalue weighted by atomic mass is 10.2. The minimum Gasteiger partial charge on any atom is -0.303 e. The molecule has 78 valence electrons. The highest BCUT2D eigenvalue weighted by Gasteiger charge is 2.07. The van der Waals surface area contributed by atoms with Gasteiger partial charge in [0, 0.05) is 0 Å². The molecule has 1 nitrogen and oxygen atoms in total. The van der Waals surface area contributed by atoms with Crippen LogP contribution in [0, 0.1) is 0 Å². The van der Waals surface area contributed by atoms with Crippen LogP contribution in [0.4, 0.5) is 5.69 Å². The van der Waals surface area contributed by atoms with Gasteiger partial charge in [-0.3, -0.25) is 0 Å². The molecule has 1 heteroatoms. The fraction of sp³-hybridized carbons (Fsp3) is 0.538. The van der Waals surface area contributed by atoms with E-state index in [1.165, 1.54) is 38.0 Å². The summed E-state index contributed by atoms with van der Waals surface area (Å²) in [5, 5.41) is 0. The molecule has 0 heterocycles. The predicted molar refractivity (Wildman–Crippen MR) is 62.0 cm³/mol. The normalized spacial score (nSPS) is 12.7. The molecule has 0 aliphatic heterocycles. The van der Waals surface area contributed by atoms with Crippen molar-refractivity contribution in [2.45, 2.75) is 33.1 Å². The molecule has 0 bridgehead atoms. The fourth-order valence-electron chi connectivity index (χ4n) is 1.79. The fourth-order valence-corrected chi connectivity index (χ4v) is 1.79. The molecule has 0 saturated heterocycles. The van der Waals surface area contributed by atoms with Crippen molar-refractivity contribution in [1.82, 2.24) is 0 Å². The zero-order valence-corrected chi connectivity index (χ0v) is 9.42. The van der Waals surface area contributed by atoms with Gasteiger partial charge in [-0.05, 0) is 31.9 Å². The Hall–Kier alpha value is -0.820. The van der Waals surface area contributed by atoms with Crippen LogP contribution in [-0.4, -0.2) is 13.1 Å². The second-order valence-corrected chi connectivity index (χ2v) is 3.78. The first kappa shape index (κ1) is 11.3. The third kappa shape index (κ3) is 3.51. The van der Waals surface area contributed by atoms with Gasteiger partial charge in [-0.25, -0.2) is 0 Å². The first-order valence-electron chi connectivity index (χ1n) is 5.78. The molecule has 14 heavy (non-hydrogen) atoms. The molecule has 0 amide bonds. The van der Waals surface area contributed by atoms with E-state index < -0.39 is 0 Å². The summed E-state index contributed by atoms with van der Waals surface area (Å²) in [6.45, 7) is 6.98. The van der Waals surface area contributed by atoms with Gasteiger partial charge in [0.15, 0.2) is 0 Å². The molecule has 0 radical (unpaired) electrons. The summed E-state index contributed by atoms with van der Waals surface area (Å²) < 4.78 is 0. The SMILES string of the molecule is CCCCC[NH+](CC)c1ccccc1. The second kappa shape index (κ2) is 6.61. The van der Waals surface area contributed by atoms with Gasteiger partial charge >= 0.3 is 0 Å². The summed E-state index contributed by atoms with van der Waals surface area (Å²) in [5.41, 5.74) is 1.44. The second-order valence-electron chi connectivity index (χ2n) is 3.78. The lowest BCUT2D eigenvalue weighted by Crippen LogP contribution is -3.06. The molecule has 0 spiro atoms. The van der Waals surface area contributed by atoms with Crippen LogP contribution in [0.15, 0.2) is 30.3 Å². The standard InChI is InChI=1S/C13H21N/c1-3-5-9-12-14(4-2)13-10-7-6-8-11-13/h6-8,10-11H,3-5,9,12H2,1-2H3/p+1. The van der Waals surface area contributed by atoms with E-state index in [4.69, 9.17) is 0 Å². The molecule has 0 aliphatic carbocycles. The lowest BCUT2D eigenvalue weighted by molar-refractivity contribution is -0.831. The number of hydrogen-bond acceptors (Lipinski definition) is 0. The number of para-hydroxylation sites is 1. The van der Waals surface area contributed by atoms with Crippen LogP contribution in [0.5, 0.6) is 0 Å². The van der Waals surface area contributed by atoms with E-state index >= 15 is 0 Å². The molecule has 1 aromatic rings. The van der Waals surface area contributed by atoms with E-state index in [2.05, 4.69) is 44.2 Å². The number of hydrogen-bond donors (Lipinski definition) is 1. The van der Waals surface area contributed by atoms with Crippen LogP contribution in [0.25, 0.3) is 0 Å². The minimum absolute atomic E-state index is 1.19. The Morgan fingerprint density at radius 1 is 1.00 bits per heavy atom. The van der Waals surface area contributed by atoms with E-state index in [1.807, 2.05) is 0 Å². The predicted octanol–water partition coefficient (Wildman–Crippen LogP) is 2.41. The first-order chi connectivity index (χ1) is 6.88. The Balaban J connectivity index is 2.46. The van der Waals surface area contributed by atoms with Crippen LogP contribution in [0.1, 0.15) is 33.1 Å². The quantitative estimate of drug-likeness (QED) is 0.660. The molecule has 0 fully saturated rings. The molecular weight excluding hydrogens is 170 g/mol. The number of quaternary nitrogens is 1. The third-order valence-electron chi connectivity index (χ3n) is 2.69. The van der Waals surface area contributed by atoms with Gasteiger partial charge in [-0.1, -0.05) is 31.5 Å². The van der Waals surface area contributed by atoms with Crippen molar-refractivity contribution < 1.29 is 4.90 Å². The smallest absolute Gasteiger partial charge is 0.131 e. The van der Waals surface area contributed by atoms with Crippen molar-refractivity contribution >= 4 is 5.69 Å². The maximum Gasteiger partial charge on any atom is 0.131 e. The maximum absolute atomic E-state index is 2.26. The highest BCUT2D eigenvalue weighted by Crippen LogP contribution is 1.99. The van der Waals surface area contributed by atoms with Gasteiger partial charge in [-0.2, -0.15) is 0 Å². The summed E-state index contributed by atoms with van der Waals surface area (Å²) in [4.78, 5) is 1.61. The van der Waals surface area contributed by atoms with Crippen molar-refractivity contribution in [2.24, 2.45) is 0 Å². The van der Waals surface area contributed by atoms with Crippen LogP contribution >= 0.6 is 0 Å². The van der Waals surface area contributed by atoms with Crippen molar-refractivity contribution in [3.8, 4) is 0 Å². The van der Waals surface area contributed by atoms with Crippen LogP contribution < -0.4 is 4.90 Å². The molecule has 0 saturated carbocycles. The average molecular weight is 192 g/mol. The number of rotatable bonds is 6. The van der Waals surface area contributed by atoms with E-state index in [0.29, 0.717) is 0 Å². The number of nitrogens with one attached hydrogen (secondary N) is 1. The van der Waals surface area contributed by atoms with E-state index in [1.54, 1.807) is 4.90 Å². The minimum atomic E-state index is 1.19. The molecular formula is C13H22N+. The third-order valence-corrected chi connectivity index (χ3v) is 2.69. The van der Waals surface area contributed by atoms with Crippen molar-refractivity contribution in [1.29, 1.82) is 0 Å². The summed E-state index contributed by atoms with van der Waals surface area (Å²) in [5.74, 6) is 0. The molecule has 1 aromatic carbocycles. The molecule has 1 rings (SSSR count). The molecule has 0 aliphatic rings. The Labute approximate surface area is 87.7 Å². The Morgan fingerprint density at radius 2 is 1.71 bits per heavy atom.